The molecule has 0 aliphatic carbocycles. The number of piperidine rings is 2. The number of aromatic nitrogens is 3. The van der Waals surface area contributed by atoms with E-state index in [1.54, 1.807) is 0 Å². The topological polar surface area (TPSA) is 63.2 Å². The molecule has 6 nitrogen and oxygen atoms in total. The Morgan fingerprint density at radius 2 is 1.82 bits per heavy atom. The fourth-order valence-corrected chi connectivity index (χ4v) is 7.40. The van der Waals surface area contributed by atoms with Gasteiger partial charge in [-0.2, -0.15) is 0 Å². The Hall–Kier alpha value is -2.57. The summed E-state index contributed by atoms with van der Waals surface area (Å²) in [6, 6.07) is 9.04. The summed E-state index contributed by atoms with van der Waals surface area (Å²) < 4.78 is 6.55. The van der Waals surface area contributed by atoms with E-state index in [2.05, 4.69) is 61.5 Å². The molecule has 0 amide bonds. The lowest BCUT2D eigenvalue weighted by Gasteiger charge is -2.38. The molecule has 39 heavy (non-hydrogen) atoms. The standard InChI is InChI=1S/C33H45N5O/c1-4-25-7-8-29(30-6-5-13-35-32(25)30)27-18-23(3)39-28(20-27)19-24-11-16-38(17-12-24)33-36-21-22(2)31(37-33)26-9-14-34-15-10-26/h5-8,13,21,23-24,26-28,34H,4,9-12,14-20H2,1-3H3/t23-,27?,28?/m1/s1. The molecule has 0 saturated carbocycles. The third-order valence-corrected chi connectivity index (χ3v) is 9.51. The molecule has 5 heterocycles. The number of anilines is 1. The van der Waals surface area contributed by atoms with Crippen LogP contribution in [-0.2, 0) is 11.2 Å². The van der Waals surface area contributed by atoms with E-state index in [-0.39, 0.29) is 0 Å². The zero-order valence-electron chi connectivity index (χ0n) is 24.0. The summed E-state index contributed by atoms with van der Waals surface area (Å²) in [5.41, 5.74) is 6.51. The average Bonchev–Trinajstić information content (AvgIpc) is 2.97. The van der Waals surface area contributed by atoms with Crippen molar-refractivity contribution in [3.05, 3.63) is 59.0 Å². The van der Waals surface area contributed by atoms with E-state index in [0.717, 1.165) is 57.8 Å². The minimum atomic E-state index is 0.292. The highest BCUT2D eigenvalue weighted by molar-refractivity contribution is 5.85. The highest BCUT2D eigenvalue weighted by Crippen LogP contribution is 2.40. The van der Waals surface area contributed by atoms with E-state index in [4.69, 9.17) is 19.7 Å². The second-order valence-corrected chi connectivity index (χ2v) is 12.2. The van der Waals surface area contributed by atoms with Crippen molar-refractivity contribution < 1.29 is 4.74 Å². The van der Waals surface area contributed by atoms with Crippen LogP contribution in [0.2, 0.25) is 0 Å². The molecule has 0 bridgehead atoms. The number of hydrogen-bond donors (Lipinski definition) is 1. The highest BCUT2D eigenvalue weighted by Gasteiger charge is 2.32. The number of aryl methyl sites for hydroxylation is 2. The van der Waals surface area contributed by atoms with Crippen LogP contribution in [0.1, 0.15) is 93.0 Å². The van der Waals surface area contributed by atoms with Gasteiger partial charge >= 0.3 is 0 Å². The second kappa shape index (κ2) is 11.9. The smallest absolute Gasteiger partial charge is 0.225 e. The van der Waals surface area contributed by atoms with Gasteiger partial charge in [-0.15, -0.1) is 0 Å². The molecular weight excluding hydrogens is 482 g/mol. The molecule has 3 fully saturated rings. The quantitative estimate of drug-likeness (QED) is 0.405. The van der Waals surface area contributed by atoms with Crippen molar-refractivity contribution in [2.75, 3.05) is 31.1 Å². The first-order valence-electron chi connectivity index (χ1n) is 15.4. The van der Waals surface area contributed by atoms with E-state index >= 15 is 0 Å². The van der Waals surface area contributed by atoms with Crippen LogP contribution >= 0.6 is 0 Å². The van der Waals surface area contributed by atoms with Gasteiger partial charge in [-0.25, -0.2) is 9.97 Å². The average molecular weight is 528 g/mol. The summed E-state index contributed by atoms with van der Waals surface area (Å²) in [7, 11) is 0. The maximum absolute atomic E-state index is 6.55. The van der Waals surface area contributed by atoms with E-state index in [1.807, 2.05) is 6.20 Å². The second-order valence-electron chi connectivity index (χ2n) is 12.2. The predicted octanol–water partition coefficient (Wildman–Crippen LogP) is 6.32. The number of fused-ring (bicyclic) bond motifs is 1. The van der Waals surface area contributed by atoms with Gasteiger partial charge in [-0.3, -0.25) is 4.98 Å². The first-order chi connectivity index (χ1) is 19.1. The fraction of sp³-hybridized carbons (Fsp3) is 0.606. The van der Waals surface area contributed by atoms with Gasteiger partial charge < -0.3 is 15.0 Å². The number of hydrogen-bond acceptors (Lipinski definition) is 6. The first-order valence-corrected chi connectivity index (χ1v) is 15.4. The molecule has 0 radical (unpaired) electrons. The maximum Gasteiger partial charge on any atom is 0.225 e. The van der Waals surface area contributed by atoms with Crippen molar-refractivity contribution in [1.82, 2.24) is 20.3 Å². The van der Waals surface area contributed by atoms with Crippen LogP contribution in [0.25, 0.3) is 10.9 Å². The van der Waals surface area contributed by atoms with Gasteiger partial charge in [-0.1, -0.05) is 25.1 Å². The van der Waals surface area contributed by atoms with Gasteiger partial charge in [0.1, 0.15) is 0 Å². The van der Waals surface area contributed by atoms with Gasteiger partial charge in [0.2, 0.25) is 5.95 Å². The Bertz CT molecular complexity index is 1260. The third kappa shape index (κ3) is 5.83. The van der Waals surface area contributed by atoms with Crippen LogP contribution in [-0.4, -0.2) is 53.3 Å². The summed E-state index contributed by atoms with van der Waals surface area (Å²) in [5, 5.41) is 4.82. The predicted molar refractivity (Wildman–Crippen MR) is 159 cm³/mol. The van der Waals surface area contributed by atoms with Crippen LogP contribution in [0.5, 0.6) is 0 Å². The molecule has 3 aliphatic heterocycles. The largest absolute Gasteiger partial charge is 0.375 e. The molecule has 0 spiro atoms. The Balaban J connectivity index is 1.09. The summed E-state index contributed by atoms with van der Waals surface area (Å²) in [5.74, 6) is 2.74. The van der Waals surface area contributed by atoms with Crippen molar-refractivity contribution in [3.8, 4) is 0 Å². The van der Waals surface area contributed by atoms with Crippen molar-refractivity contribution in [2.24, 2.45) is 5.92 Å². The van der Waals surface area contributed by atoms with Crippen LogP contribution in [0, 0.1) is 12.8 Å². The molecule has 3 aromatic rings. The summed E-state index contributed by atoms with van der Waals surface area (Å²) in [4.78, 5) is 17.0. The van der Waals surface area contributed by atoms with Crippen molar-refractivity contribution >= 4 is 16.9 Å². The normalized spacial score (nSPS) is 25.3. The molecule has 6 rings (SSSR count). The summed E-state index contributed by atoms with van der Waals surface area (Å²) >= 11 is 0. The molecule has 3 atom stereocenters. The van der Waals surface area contributed by atoms with E-state index in [0.29, 0.717) is 30.0 Å². The lowest BCUT2D eigenvalue weighted by Crippen LogP contribution is -2.38. The SMILES string of the molecule is CCc1ccc(C2CC(CC3CCN(c4ncc(C)c(C5CCNCC5)n4)CC3)O[C@H](C)C2)c2cccnc12. The lowest BCUT2D eigenvalue weighted by atomic mass is 9.80. The number of benzene rings is 1. The molecule has 1 aromatic carbocycles. The molecule has 6 heteroatoms. The van der Waals surface area contributed by atoms with Crippen LogP contribution in [0.15, 0.2) is 36.7 Å². The number of nitrogens with zero attached hydrogens (tertiary/aromatic N) is 4. The molecule has 1 N–H and O–H groups in total. The Morgan fingerprint density at radius 3 is 2.62 bits per heavy atom. The van der Waals surface area contributed by atoms with Crippen LogP contribution < -0.4 is 10.2 Å². The minimum Gasteiger partial charge on any atom is -0.375 e. The van der Waals surface area contributed by atoms with Crippen LogP contribution in [0.4, 0.5) is 5.95 Å². The van der Waals surface area contributed by atoms with Gasteiger partial charge in [-0.05, 0) is 113 Å². The number of rotatable bonds is 6. The molecule has 3 aliphatic rings. The van der Waals surface area contributed by atoms with Gasteiger partial charge in [0.25, 0.3) is 0 Å². The number of ether oxygens (including phenoxy) is 1. The van der Waals surface area contributed by atoms with Gasteiger partial charge in [0.15, 0.2) is 0 Å². The highest BCUT2D eigenvalue weighted by atomic mass is 16.5. The number of nitrogens with one attached hydrogen (secondary N) is 1. The monoisotopic (exact) mass is 527 g/mol. The van der Waals surface area contributed by atoms with Gasteiger partial charge in [0.05, 0.1) is 23.4 Å². The Morgan fingerprint density at radius 1 is 1.00 bits per heavy atom. The van der Waals surface area contributed by atoms with Crippen LogP contribution in [0.3, 0.4) is 0 Å². The Kier molecular flexibility index (Phi) is 8.12. The third-order valence-electron chi connectivity index (χ3n) is 9.51. The summed E-state index contributed by atoms with van der Waals surface area (Å²) in [6.45, 7) is 10.9. The maximum atomic E-state index is 6.55. The van der Waals surface area contributed by atoms with Crippen molar-refractivity contribution in [2.45, 2.75) is 96.2 Å². The van der Waals surface area contributed by atoms with Crippen molar-refractivity contribution in [3.63, 3.8) is 0 Å². The molecule has 2 unspecified atom stereocenters. The van der Waals surface area contributed by atoms with Gasteiger partial charge in [0, 0.05) is 36.8 Å². The lowest BCUT2D eigenvalue weighted by molar-refractivity contribution is -0.0593. The fourth-order valence-electron chi connectivity index (χ4n) is 7.40. The zero-order chi connectivity index (χ0) is 26.8. The number of pyridine rings is 1. The zero-order valence-corrected chi connectivity index (χ0v) is 24.0. The van der Waals surface area contributed by atoms with E-state index in [9.17, 15) is 0 Å². The van der Waals surface area contributed by atoms with Crippen molar-refractivity contribution in [1.29, 1.82) is 0 Å². The first kappa shape index (κ1) is 26.6. The van der Waals surface area contributed by atoms with E-state index < -0.39 is 0 Å². The minimum absolute atomic E-state index is 0.292. The molecular formula is C33H45N5O. The molecule has 2 aromatic heterocycles. The molecule has 208 valence electrons. The van der Waals surface area contributed by atoms with E-state index in [1.165, 1.54) is 59.0 Å². The molecule has 3 saturated heterocycles. The Labute approximate surface area is 234 Å². The summed E-state index contributed by atoms with van der Waals surface area (Å²) in [6.07, 6.45) is 13.7.